The maximum Gasteiger partial charge on any atom is 0.320 e. The van der Waals surface area contributed by atoms with E-state index in [1.807, 2.05) is 44.5 Å². The third-order valence-corrected chi connectivity index (χ3v) is 9.22. The van der Waals surface area contributed by atoms with Crippen molar-refractivity contribution in [1.29, 1.82) is 0 Å². The summed E-state index contributed by atoms with van der Waals surface area (Å²) in [6.07, 6.45) is 5.91. The summed E-state index contributed by atoms with van der Waals surface area (Å²) in [7, 11) is 0. The molecule has 0 N–H and O–H groups in total. The Morgan fingerprint density at radius 3 is 2.29 bits per heavy atom. The molecule has 0 saturated carbocycles. The molecule has 0 radical (unpaired) electrons. The van der Waals surface area contributed by atoms with Crippen LogP contribution in [-0.4, -0.2) is 108 Å². The van der Waals surface area contributed by atoms with Crippen LogP contribution in [-0.2, 0) is 9.47 Å². The van der Waals surface area contributed by atoms with E-state index in [1.54, 1.807) is 11.3 Å². The Balaban J connectivity index is 0.971. The number of urea groups is 1. The van der Waals surface area contributed by atoms with Gasteiger partial charge in [-0.25, -0.2) is 14.8 Å². The molecule has 3 amide bonds. The molecule has 38 heavy (non-hydrogen) atoms. The minimum absolute atomic E-state index is 0.00406. The summed E-state index contributed by atoms with van der Waals surface area (Å²) < 4.78 is 11.8. The SMILES string of the molecule is O=C(c1csc(C2CCN(C(=O)N3CCN(c4ccccn4)CC3)CC2)n1)N1CCC2(CC1)OCCCO2. The monoisotopic (exact) mass is 540 g/mol. The second-order valence-electron chi connectivity index (χ2n) is 10.5. The second kappa shape index (κ2) is 11.2. The first-order valence-corrected chi connectivity index (χ1v) is 14.7. The number of carbonyl (C=O) groups excluding carboxylic acids is 2. The molecule has 2 aromatic heterocycles. The number of nitrogens with zero attached hydrogens (tertiary/aromatic N) is 6. The summed E-state index contributed by atoms with van der Waals surface area (Å²) in [5.41, 5.74) is 0.538. The fraction of sp³-hybridized carbons (Fsp3) is 0.630. The molecule has 4 aliphatic rings. The van der Waals surface area contributed by atoms with Gasteiger partial charge in [0.1, 0.15) is 11.5 Å². The Kier molecular flexibility index (Phi) is 7.49. The number of rotatable bonds is 3. The number of hydrogen-bond donors (Lipinski definition) is 0. The topological polar surface area (TPSA) is 91.3 Å². The van der Waals surface area contributed by atoms with Gasteiger partial charge in [-0.05, 0) is 31.4 Å². The van der Waals surface area contributed by atoms with Gasteiger partial charge in [0.05, 0.1) is 18.2 Å². The highest BCUT2D eigenvalue weighted by Gasteiger charge is 2.40. The lowest BCUT2D eigenvalue weighted by molar-refractivity contribution is -0.281. The number of piperazine rings is 1. The number of carbonyl (C=O) groups is 2. The van der Waals surface area contributed by atoms with Gasteiger partial charge in [-0.2, -0.15) is 0 Å². The highest BCUT2D eigenvalue weighted by Crippen LogP contribution is 2.33. The van der Waals surface area contributed by atoms with Crippen LogP contribution in [0.5, 0.6) is 0 Å². The largest absolute Gasteiger partial charge is 0.353 e. The van der Waals surface area contributed by atoms with Crippen LogP contribution in [0, 0.1) is 0 Å². The van der Waals surface area contributed by atoms with Crippen molar-refractivity contribution >= 4 is 29.1 Å². The van der Waals surface area contributed by atoms with Crippen LogP contribution in [0.3, 0.4) is 0 Å². The van der Waals surface area contributed by atoms with Crippen molar-refractivity contribution in [2.45, 2.75) is 43.8 Å². The van der Waals surface area contributed by atoms with E-state index in [0.29, 0.717) is 50.6 Å². The summed E-state index contributed by atoms with van der Waals surface area (Å²) in [6, 6.07) is 6.06. The van der Waals surface area contributed by atoms with Crippen molar-refractivity contribution in [3.63, 3.8) is 0 Å². The van der Waals surface area contributed by atoms with Crippen molar-refractivity contribution in [2.75, 3.05) is 70.5 Å². The third-order valence-electron chi connectivity index (χ3n) is 8.21. The molecule has 0 unspecified atom stereocenters. The van der Waals surface area contributed by atoms with Gasteiger partial charge in [0, 0.05) is 82.7 Å². The number of thiazole rings is 1. The molecule has 204 valence electrons. The van der Waals surface area contributed by atoms with Crippen molar-refractivity contribution in [2.24, 2.45) is 0 Å². The van der Waals surface area contributed by atoms with Crippen LogP contribution >= 0.6 is 11.3 Å². The number of amides is 3. The molecule has 0 atom stereocenters. The molecular weight excluding hydrogens is 504 g/mol. The minimum Gasteiger partial charge on any atom is -0.353 e. The van der Waals surface area contributed by atoms with Gasteiger partial charge in [-0.15, -0.1) is 11.3 Å². The van der Waals surface area contributed by atoms with E-state index < -0.39 is 5.79 Å². The fourth-order valence-electron chi connectivity index (χ4n) is 5.88. The molecule has 4 saturated heterocycles. The van der Waals surface area contributed by atoms with E-state index in [4.69, 9.17) is 14.5 Å². The lowest BCUT2D eigenvalue weighted by Crippen LogP contribution is -2.54. The third kappa shape index (κ3) is 5.37. The molecule has 10 nitrogen and oxygen atoms in total. The summed E-state index contributed by atoms with van der Waals surface area (Å²) in [5, 5.41) is 2.91. The second-order valence-corrected chi connectivity index (χ2v) is 11.4. The van der Waals surface area contributed by atoms with Crippen molar-refractivity contribution in [3.8, 4) is 0 Å². The van der Waals surface area contributed by atoms with Gasteiger partial charge in [0.2, 0.25) is 0 Å². The minimum atomic E-state index is -0.500. The number of aromatic nitrogens is 2. The summed E-state index contributed by atoms with van der Waals surface area (Å²) >= 11 is 1.57. The number of ether oxygens (including phenoxy) is 2. The van der Waals surface area contributed by atoms with Gasteiger partial charge < -0.3 is 29.1 Å². The standard InChI is InChI=1S/C27H36N6O4S/c34-25(31-12-7-27(8-13-31)36-18-3-19-37-27)22-20-38-24(29-22)21-5-10-32(11-6-21)26(35)33-16-14-30(15-17-33)23-4-1-2-9-28-23/h1-2,4,9,20-21H,3,5-8,10-19H2. The highest BCUT2D eigenvalue weighted by atomic mass is 32.1. The zero-order chi connectivity index (χ0) is 26.0. The van der Waals surface area contributed by atoms with Crippen LogP contribution < -0.4 is 4.90 Å². The van der Waals surface area contributed by atoms with Gasteiger partial charge >= 0.3 is 6.03 Å². The Morgan fingerprint density at radius 1 is 0.895 bits per heavy atom. The summed E-state index contributed by atoms with van der Waals surface area (Å²) in [6.45, 7) is 7.19. The molecule has 4 aliphatic heterocycles. The molecule has 6 heterocycles. The van der Waals surface area contributed by atoms with Crippen LogP contribution in [0.4, 0.5) is 10.6 Å². The van der Waals surface area contributed by atoms with Crippen LogP contribution in [0.2, 0.25) is 0 Å². The molecule has 4 fully saturated rings. The quantitative estimate of drug-likeness (QED) is 0.591. The number of hydrogen-bond acceptors (Lipinski definition) is 8. The first kappa shape index (κ1) is 25.5. The first-order chi connectivity index (χ1) is 18.6. The highest BCUT2D eigenvalue weighted by molar-refractivity contribution is 7.09. The normalized spacial score (nSPS) is 22.6. The van der Waals surface area contributed by atoms with Gasteiger partial charge in [0.15, 0.2) is 5.79 Å². The van der Waals surface area contributed by atoms with Crippen molar-refractivity contribution in [3.05, 3.63) is 40.5 Å². The lowest BCUT2D eigenvalue weighted by Gasteiger charge is -2.43. The zero-order valence-corrected chi connectivity index (χ0v) is 22.6. The van der Waals surface area contributed by atoms with Gasteiger partial charge in [-0.3, -0.25) is 4.79 Å². The molecule has 0 aromatic carbocycles. The molecule has 1 spiro atoms. The van der Waals surface area contributed by atoms with Crippen LogP contribution in [0.15, 0.2) is 29.8 Å². The number of piperidine rings is 2. The predicted octanol–water partition coefficient (Wildman–Crippen LogP) is 3.03. The van der Waals surface area contributed by atoms with E-state index in [-0.39, 0.29) is 11.9 Å². The fourth-order valence-corrected chi connectivity index (χ4v) is 6.84. The van der Waals surface area contributed by atoms with Crippen molar-refractivity contribution in [1.82, 2.24) is 24.7 Å². The summed E-state index contributed by atoms with van der Waals surface area (Å²) in [4.78, 5) is 43.5. The number of anilines is 1. The lowest BCUT2D eigenvalue weighted by atomic mass is 9.97. The maximum atomic E-state index is 13.2. The predicted molar refractivity (Wildman–Crippen MR) is 143 cm³/mol. The van der Waals surface area contributed by atoms with Crippen LogP contribution in [0.1, 0.15) is 53.5 Å². The average molecular weight is 541 g/mol. The Labute approximate surface area is 227 Å². The number of likely N-dealkylation sites (tertiary alicyclic amines) is 2. The molecule has 0 bridgehead atoms. The van der Waals surface area contributed by atoms with Crippen molar-refractivity contribution < 1.29 is 19.1 Å². The average Bonchev–Trinajstić information content (AvgIpc) is 3.48. The van der Waals surface area contributed by atoms with E-state index >= 15 is 0 Å². The van der Waals surface area contributed by atoms with E-state index in [1.165, 1.54) is 0 Å². The van der Waals surface area contributed by atoms with E-state index in [0.717, 1.165) is 69.5 Å². The zero-order valence-electron chi connectivity index (χ0n) is 21.8. The Morgan fingerprint density at radius 2 is 1.61 bits per heavy atom. The Hall–Kier alpha value is -2.76. The molecule has 6 rings (SSSR count). The first-order valence-electron chi connectivity index (χ1n) is 13.8. The maximum absolute atomic E-state index is 13.2. The molecule has 0 aliphatic carbocycles. The molecular formula is C27H36N6O4S. The van der Waals surface area contributed by atoms with Crippen LogP contribution in [0.25, 0.3) is 0 Å². The summed E-state index contributed by atoms with van der Waals surface area (Å²) in [5.74, 6) is 0.759. The number of pyridine rings is 1. The molecule has 11 heteroatoms. The van der Waals surface area contributed by atoms with E-state index in [2.05, 4.69) is 9.88 Å². The Bertz CT molecular complexity index is 1100. The van der Waals surface area contributed by atoms with E-state index in [9.17, 15) is 9.59 Å². The van der Waals surface area contributed by atoms with Gasteiger partial charge in [0.25, 0.3) is 5.91 Å². The molecule has 2 aromatic rings. The smallest absolute Gasteiger partial charge is 0.320 e. The van der Waals surface area contributed by atoms with Gasteiger partial charge in [-0.1, -0.05) is 6.07 Å².